The molecular formula is C10H17N3O2S. The Morgan fingerprint density at radius 3 is 2.69 bits per heavy atom. The standard InChI is InChI=1S/C10H17N3O2S/c1-4-7-13(6-3)16(14,15)10-8-11-9(5-2)12-10/h4,8H,1,5-7H2,2-3H3,(H,11,12). The number of likely N-dealkylation sites (N-methyl/N-ethyl adjacent to an activating group) is 1. The first-order valence-corrected chi connectivity index (χ1v) is 6.65. The maximum atomic E-state index is 12.1. The van der Waals surface area contributed by atoms with Crippen LogP contribution in [0, 0.1) is 0 Å². The minimum atomic E-state index is -3.46. The Bertz CT molecular complexity index is 450. The molecule has 0 bridgehead atoms. The summed E-state index contributed by atoms with van der Waals surface area (Å²) >= 11 is 0. The van der Waals surface area contributed by atoms with Gasteiger partial charge in [-0.25, -0.2) is 13.4 Å². The highest BCUT2D eigenvalue weighted by Gasteiger charge is 2.23. The lowest BCUT2D eigenvalue weighted by atomic mass is 10.5. The number of hydrogen-bond donors (Lipinski definition) is 1. The Morgan fingerprint density at radius 2 is 2.25 bits per heavy atom. The van der Waals surface area contributed by atoms with E-state index >= 15 is 0 Å². The van der Waals surface area contributed by atoms with Crippen LogP contribution in [0.2, 0.25) is 0 Å². The van der Waals surface area contributed by atoms with E-state index in [4.69, 9.17) is 0 Å². The number of aryl methyl sites for hydroxylation is 1. The predicted octanol–water partition coefficient (Wildman–Crippen LogP) is 1.17. The molecule has 90 valence electrons. The third-order valence-corrected chi connectivity index (χ3v) is 4.09. The molecule has 0 aliphatic rings. The van der Waals surface area contributed by atoms with Crippen LogP contribution in [0.3, 0.4) is 0 Å². The Morgan fingerprint density at radius 1 is 1.56 bits per heavy atom. The van der Waals surface area contributed by atoms with Crippen LogP contribution in [0.4, 0.5) is 0 Å². The Labute approximate surface area is 96.2 Å². The Balaban J connectivity index is 3.04. The summed E-state index contributed by atoms with van der Waals surface area (Å²) < 4.78 is 25.5. The molecule has 1 N–H and O–H groups in total. The van der Waals surface area contributed by atoms with Crippen LogP contribution in [-0.4, -0.2) is 35.8 Å². The summed E-state index contributed by atoms with van der Waals surface area (Å²) in [6, 6.07) is 0. The molecule has 0 saturated carbocycles. The number of sulfonamides is 1. The van der Waals surface area contributed by atoms with Gasteiger partial charge in [0.1, 0.15) is 5.82 Å². The van der Waals surface area contributed by atoms with E-state index < -0.39 is 10.0 Å². The van der Waals surface area contributed by atoms with Crippen molar-refractivity contribution in [2.75, 3.05) is 13.1 Å². The van der Waals surface area contributed by atoms with Crippen molar-refractivity contribution in [2.24, 2.45) is 0 Å². The maximum Gasteiger partial charge on any atom is 0.260 e. The number of H-pyrrole nitrogens is 1. The van der Waals surface area contributed by atoms with Crippen molar-refractivity contribution >= 4 is 10.0 Å². The van der Waals surface area contributed by atoms with Crippen molar-refractivity contribution < 1.29 is 8.42 Å². The molecule has 0 unspecified atom stereocenters. The minimum absolute atomic E-state index is 0.146. The fourth-order valence-electron chi connectivity index (χ4n) is 1.33. The molecule has 5 nitrogen and oxygen atoms in total. The zero-order valence-electron chi connectivity index (χ0n) is 9.60. The summed E-state index contributed by atoms with van der Waals surface area (Å²) in [6.07, 6.45) is 3.61. The van der Waals surface area contributed by atoms with Gasteiger partial charge in [-0.1, -0.05) is 19.9 Å². The Hall–Kier alpha value is -1.14. The SMILES string of the molecule is C=CCN(CC)S(=O)(=O)c1cnc(CC)[nH]1. The third-order valence-electron chi connectivity index (χ3n) is 2.24. The molecule has 0 fully saturated rings. The number of nitrogens with one attached hydrogen (secondary N) is 1. The van der Waals surface area contributed by atoms with Gasteiger partial charge in [-0.15, -0.1) is 6.58 Å². The van der Waals surface area contributed by atoms with Gasteiger partial charge in [-0.2, -0.15) is 4.31 Å². The summed E-state index contributed by atoms with van der Waals surface area (Å²) in [5.41, 5.74) is 0. The van der Waals surface area contributed by atoms with Crippen LogP contribution in [0.1, 0.15) is 19.7 Å². The first-order chi connectivity index (χ1) is 7.56. The number of rotatable bonds is 6. The summed E-state index contributed by atoms with van der Waals surface area (Å²) in [5.74, 6) is 0.674. The highest BCUT2D eigenvalue weighted by atomic mass is 32.2. The Kier molecular flexibility index (Phi) is 4.26. The van der Waals surface area contributed by atoms with Crippen LogP contribution in [0.15, 0.2) is 23.9 Å². The molecule has 0 saturated heterocycles. The highest BCUT2D eigenvalue weighted by molar-refractivity contribution is 7.89. The van der Waals surface area contributed by atoms with Crippen molar-refractivity contribution in [1.29, 1.82) is 0 Å². The van der Waals surface area contributed by atoms with Crippen LogP contribution < -0.4 is 0 Å². The molecule has 0 amide bonds. The summed E-state index contributed by atoms with van der Waals surface area (Å²) in [7, 11) is -3.46. The largest absolute Gasteiger partial charge is 0.332 e. The van der Waals surface area contributed by atoms with Gasteiger partial charge < -0.3 is 4.98 Å². The average molecular weight is 243 g/mol. The quantitative estimate of drug-likeness (QED) is 0.763. The van der Waals surface area contributed by atoms with Crippen molar-refractivity contribution in [3.05, 3.63) is 24.7 Å². The van der Waals surface area contributed by atoms with Gasteiger partial charge in [-0.3, -0.25) is 0 Å². The first-order valence-electron chi connectivity index (χ1n) is 5.21. The number of hydrogen-bond acceptors (Lipinski definition) is 3. The number of imidazole rings is 1. The molecule has 0 aliphatic carbocycles. The molecule has 1 aromatic rings. The maximum absolute atomic E-state index is 12.1. The van der Waals surface area contributed by atoms with Crippen molar-refractivity contribution in [3.8, 4) is 0 Å². The van der Waals surface area contributed by atoms with E-state index in [0.29, 0.717) is 25.3 Å². The fourth-order valence-corrected chi connectivity index (χ4v) is 2.69. The van der Waals surface area contributed by atoms with Crippen LogP contribution >= 0.6 is 0 Å². The van der Waals surface area contributed by atoms with E-state index in [1.165, 1.54) is 10.5 Å². The van der Waals surface area contributed by atoms with E-state index in [1.54, 1.807) is 13.0 Å². The monoisotopic (exact) mass is 243 g/mol. The average Bonchev–Trinajstić information content (AvgIpc) is 2.74. The lowest BCUT2D eigenvalue weighted by Crippen LogP contribution is -2.31. The molecule has 1 heterocycles. The second kappa shape index (κ2) is 5.27. The van der Waals surface area contributed by atoms with Crippen molar-refractivity contribution in [1.82, 2.24) is 14.3 Å². The van der Waals surface area contributed by atoms with Gasteiger partial charge in [0.25, 0.3) is 10.0 Å². The number of nitrogens with zero attached hydrogens (tertiary/aromatic N) is 2. The van der Waals surface area contributed by atoms with E-state index in [9.17, 15) is 8.42 Å². The molecule has 0 spiro atoms. The summed E-state index contributed by atoms with van der Waals surface area (Å²) in [6.45, 7) is 7.96. The predicted molar refractivity (Wildman–Crippen MR) is 62.6 cm³/mol. The van der Waals surface area contributed by atoms with Gasteiger partial charge in [0, 0.05) is 19.5 Å². The fraction of sp³-hybridized carbons (Fsp3) is 0.500. The third kappa shape index (κ3) is 2.51. The van der Waals surface area contributed by atoms with E-state index in [-0.39, 0.29) is 5.03 Å². The van der Waals surface area contributed by atoms with Gasteiger partial charge in [0.15, 0.2) is 5.03 Å². The lowest BCUT2D eigenvalue weighted by molar-refractivity contribution is 0.457. The smallest absolute Gasteiger partial charge is 0.260 e. The number of aromatic nitrogens is 2. The minimum Gasteiger partial charge on any atom is -0.332 e. The molecule has 0 aliphatic heterocycles. The topological polar surface area (TPSA) is 66.1 Å². The van der Waals surface area contributed by atoms with E-state index in [2.05, 4.69) is 16.5 Å². The molecule has 1 rings (SSSR count). The van der Waals surface area contributed by atoms with Crippen molar-refractivity contribution in [2.45, 2.75) is 25.3 Å². The van der Waals surface area contributed by atoms with Gasteiger partial charge in [0.05, 0.1) is 6.20 Å². The van der Waals surface area contributed by atoms with E-state index in [0.717, 1.165) is 0 Å². The second-order valence-electron chi connectivity index (χ2n) is 3.29. The first kappa shape index (κ1) is 12.9. The lowest BCUT2D eigenvalue weighted by Gasteiger charge is -2.16. The molecule has 6 heteroatoms. The van der Waals surface area contributed by atoms with Gasteiger partial charge >= 0.3 is 0 Å². The molecule has 16 heavy (non-hydrogen) atoms. The van der Waals surface area contributed by atoms with Crippen LogP contribution in [0.5, 0.6) is 0 Å². The zero-order chi connectivity index (χ0) is 12.2. The second-order valence-corrected chi connectivity index (χ2v) is 5.20. The zero-order valence-corrected chi connectivity index (χ0v) is 10.4. The molecule has 0 atom stereocenters. The summed E-state index contributed by atoms with van der Waals surface area (Å²) in [4.78, 5) is 6.79. The molecular weight excluding hydrogens is 226 g/mol. The highest BCUT2D eigenvalue weighted by Crippen LogP contribution is 2.13. The van der Waals surface area contributed by atoms with Crippen LogP contribution in [-0.2, 0) is 16.4 Å². The normalized spacial score (nSPS) is 11.9. The van der Waals surface area contributed by atoms with E-state index in [1.807, 2.05) is 6.92 Å². The molecule has 1 aromatic heterocycles. The van der Waals surface area contributed by atoms with Crippen LogP contribution in [0.25, 0.3) is 0 Å². The van der Waals surface area contributed by atoms with Gasteiger partial charge in [-0.05, 0) is 0 Å². The van der Waals surface area contributed by atoms with Gasteiger partial charge in [0.2, 0.25) is 0 Å². The van der Waals surface area contributed by atoms with Crippen molar-refractivity contribution in [3.63, 3.8) is 0 Å². The molecule has 0 aromatic carbocycles. The summed E-state index contributed by atoms with van der Waals surface area (Å²) in [5, 5.41) is 0.146. The molecule has 0 radical (unpaired) electrons. The number of aromatic amines is 1.